The minimum atomic E-state index is 0.389. The maximum atomic E-state index is 11.7. The fourth-order valence-electron chi connectivity index (χ4n) is 4.06. The molecule has 1 aliphatic heterocycles. The smallest absolute Gasteiger partial charge is 0.214 e. The second-order valence-electron chi connectivity index (χ2n) is 7.90. The van der Waals surface area contributed by atoms with E-state index in [2.05, 4.69) is 14.9 Å². The first-order valence-electron chi connectivity index (χ1n) is 11.1. The molecule has 0 N–H and O–H groups in total. The number of carbonyl (C=O) groups is 1. The summed E-state index contributed by atoms with van der Waals surface area (Å²) in [5.41, 5.74) is 3.77. The number of allylic oxidation sites excluding steroid dienone is 1. The third kappa shape index (κ3) is 5.85. The summed E-state index contributed by atoms with van der Waals surface area (Å²) >= 11 is 6.33. The molecule has 8 heteroatoms. The molecule has 0 aromatic carbocycles. The van der Waals surface area contributed by atoms with Gasteiger partial charge in [0.15, 0.2) is 6.29 Å². The van der Waals surface area contributed by atoms with Crippen LogP contribution >= 0.6 is 11.6 Å². The van der Waals surface area contributed by atoms with Crippen molar-refractivity contribution < 1.29 is 19.0 Å². The molecule has 3 heterocycles. The lowest BCUT2D eigenvalue weighted by Crippen LogP contribution is -2.38. The first-order chi connectivity index (χ1) is 15.7. The zero-order valence-electron chi connectivity index (χ0n) is 18.1. The van der Waals surface area contributed by atoms with Crippen molar-refractivity contribution in [3.05, 3.63) is 52.4 Å². The largest absolute Gasteiger partial charge is 0.487 e. The van der Waals surface area contributed by atoms with Gasteiger partial charge in [0.25, 0.3) is 0 Å². The molecule has 0 saturated carbocycles. The lowest BCUT2D eigenvalue weighted by molar-refractivity contribution is 0.0320. The number of ether oxygens (including phenoxy) is 3. The van der Waals surface area contributed by atoms with E-state index in [-0.39, 0.29) is 0 Å². The maximum Gasteiger partial charge on any atom is 0.214 e. The molecule has 170 valence electrons. The lowest BCUT2D eigenvalue weighted by atomic mass is 9.88. The molecule has 0 bridgehead atoms. The topological polar surface area (TPSA) is 73.8 Å². The molecule has 2 aromatic heterocycles. The van der Waals surface area contributed by atoms with Gasteiger partial charge in [-0.05, 0) is 42.9 Å². The monoisotopic (exact) mass is 457 g/mol. The van der Waals surface area contributed by atoms with Gasteiger partial charge in [-0.25, -0.2) is 9.97 Å². The maximum absolute atomic E-state index is 11.7. The second-order valence-corrected chi connectivity index (χ2v) is 8.26. The van der Waals surface area contributed by atoms with Crippen molar-refractivity contribution in [3.8, 4) is 11.6 Å². The van der Waals surface area contributed by atoms with Gasteiger partial charge in [-0.1, -0.05) is 17.7 Å². The van der Waals surface area contributed by atoms with Crippen LogP contribution < -0.4 is 9.47 Å². The number of aromatic nitrogens is 2. The third-order valence-electron chi connectivity index (χ3n) is 5.83. The van der Waals surface area contributed by atoms with E-state index in [9.17, 15) is 4.79 Å². The van der Waals surface area contributed by atoms with E-state index < -0.39 is 0 Å². The summed E-state index contributed by atoms with van der Waals surface area (Å²) in [5.74, 6) is 0.877. The Morgan fingerprint density at radius 1 is 1.16 bits per heavy atom. The Labute approximate surface area is 193 Å². The molecular weight excluding hydrogens is 430 g/mol. The van der Waals surface area contributed by atoms with Crippen molar-refractivity contribution in [1.29, 1.82) is 0 Å². The van der Waals surface area contributed by atoms with Gasteiger partial charge in [-0.15, -0.1) is 0 Å². The molecule has 0 amide bonds. The molecule has 2 aliphatic rings. The van der Waals surface area contributed by atoms with Gasteiger partial charge in [0.05, 0.1) is 25.0 Å². The predicted molar refractivity (Wildman–Crippen MR) is 123 cm³/mol. The Morgan fingerprint density at radius 3 is 2.81 bits per heavy atom. The first-order valence-corrected chi connectivity index (χ1v) is 11.4. The predicted octanol–water partition coefficient (Wildman–Crippen LogP) is 4.06. The van der Waals surface area contributed by atoms with Gasteiger partial charge in [-0.2, -0.15) is 0 Å². The van der Waals surface area contributed by atoms with Crippen LogP contribution in [0.5, 0.6) is 11.6 Å². The van der Waals surface area contributed by atoms with Crippen molar-refractivity contribution >= 4 is 23.5 Å². The highest BCUT2D eigenvalue weighted by Crippen LogP contribution is 2.35. The van der Waals surface area contributed by atoms with E-state index in [4.69, 9.17) is 25.8 Å². The Balaban J connectivity index is 1.40. The van der Waals surface area contributed by atoms with Crippen molar-refractivity contribution in [2.24, 2.45) is 0 Å². The summed E-state index contributed by atoms with van der Waals surface area (Å²) in [4.78, 5) is 22.5. The Kier molecular flexibility index (Phi) is 8.09. The fraction of sp³-hybridized carbons (Fsp3) is 0.458. The number of carbonyl (C=O) groups excluding carboxylic acids is 1. The highest BCUT2D eigenvalue weighted by Gasteiger charge is 2.18. The van der Waals surface area contributed by atoms with Crippen LogP contribution in [0.15, 0.2) is 36.2 Å². The molecule has 4 rings (SSSR count). The molecule has 0 spiro atoms. The van der Waals surface area contributed by atoms with Gasteiger partial charge in [0.2, 0.25) is 5.88 Å². The van der Waals surface area contributed by atoms with Gasteiger partial charge in [-0.3, -0.25) is 9.69 Å². The van der Waals surface area contributed by atoms with Crippen molar-refractivity contribution in [3.63, 3.8) is 0 Å². The standard InChI is InChI=1S/C24H28ClN3O4/c25-24-21(6-3-7-26-24)20-5-2-1-4-18(20)17-32-22-15-27-23(14-19(22)16-29)31-13-10-28-8-11-30-12-9-28/h3,6-7,14-16H,1-2,4-5,8-13,17H2. The Morgan fingerprint density at radius 2 is 2.00 bits per heavy atom. The molecule has 32 heavy (non-hydrogen) atoms. The zero-order chi connectivity index (χ0) is 22.2. The number of rotatable bonds is 9. The SMILES string of the molecule is O=Cc1cc(OCCN2CCOCC2)ncc1OCC1=C(c2cccnc2Cl)CCCC1. The van der Waals surface area contributed by atoms with Crippen LogP contribution in [-0.2, 0) is 4.74 Å². The molecule has 2 aromatic rings. The molecule has 0 radical (unpaired) electrons. The normalized spacial score (nSPS) is 17.3. The van der Waals surface area contributed by atoms with Crippen LogP contribution in [-0.4, -0.2) is 67.2 Å². The van der Waals surface area contributed by atoms with Crippen molar-refractivity contribution in [2.45, 2.75) is 25.7 Å². The number of aldehydes is 1. The number of pyridine rings is 2. The van der Waals surface area contributed by atoms with E-state index in [0.29, 0.717) is 35.6 Å². The summed E-state index contributed by atoms with van der Waals surface area (Å²) in [6.07, 6.45) is 8.13. The van der Waals surface area contributed by atoms with E-state index in [1.165, 1.54) is 11.1 Å². The van der Waals surface area contributed by atoms with E-state index in [1.54, 1.807) is 18.5 Å². The minimum absolute atomic E-state index is 0.389. The zero-order valence-corrected chi connectivity index (χ0v) is 18.9. The number of halogens is 1. The highest BCUT2D eigenvalue weighted by atomic mass is 35.5. The molecule has 1 aliphatic carbocycles. The fourth-order valence-corrected chi connectivity index (χ4v) is 4.30. The van der Waals surface area contributed by atoms with Gasteiger partial charge in [0.1, 0.15) is 24.1 Å². The van der Waals surface area contributed by atoms with E-state index in [1.807, 2.05) is 12.1 Å². The van der Waals surface area contributed by atoms with E-state index >= 15 is 0 Å². The highest BCUT2D eigenvalue weighted by molar-refractivity contribution is 6.31. The molecule has 7 nitrogen and oxygen atoms in total. The summed E-state index contributed by atoms with van der Waals surface area (Å²) in [6, 6.07) is 5.53. The summed E-state index contributed by atoms with van der Waals surface area (Å²) in [7, 11) is 0. The van der Waals surface area contributed by atoms with Crippen LogP contribution in [0.25, 0.3) is 5.57 Å². The van der Waals surface area contributed by atoms with Crippen LogP contribution in [0.2, 0.25) is 5.15 Å². The number of nitrogens with zero attached hydrogens (tertiary/aromatic N) is 3. The molecular formula is C24H28ClN3O4. The summed E-state index contributed by atoms with van der Waals surface area (Å²) in [5, 5.41) is 0.510. The average Bonchev–Trinajstić information content (AvgIpc) is 2.84. The van der Waals surface area contributed by atoms with Gasteiger partial charge in [0, 0.05) is 37.5 Å². The molecule has 1 fully saturated rings. The van der Waals surface area contributed by atoms with E-state index in [0.717, 1.165) is 70.4 Å². The van der Waals surface area contributed by atoms with Crippen molar-refractivity contribution in [1.82, 2.24) is 14.9 Å². The van der Waals surface area contributed by atoms with Crippen molar-refractivity contribution in [2.75, 3.05) is 46.1 Å². The van der Waals surface area contributed by atoms with Gasteiger partial charge >= 0.3 is 0 Å². The Bertz CT molecular complexity index is 960. The van der Waals surface area contributed by atoms with Gasteiger partial charge < -0.3 is 14.2 Å². The Hall–Kier alpha value is -2.48. The van der Waals surface area contributed by atoms with Crippen LogP contribution in [0.4, 0.5) is 0 Å². The molecule has 0 unspecified atom stereocenters. The first kappa shape index (κ1) is 22.7. The second kappa shape index (κ2) is 11.4. The molecule has 1 saturated heterocycles. The lowest BCUT2D eigenvalue weighted by Gasteiger charge is -2.26. The number of morpholine rings is 1. The number of hydrogen-bond acceptors (Lipinski definition) is 7. The summed E-state index contributed by atoms with van der Waals surface area (Å²) in [6.45, 7) is 5.02. The quantitative estimate of drug-likeness (QED) is 0.415. The average molecular weight is 458 g/mol. The van der Waals surface area contributed by atoms with Crippen LogP contribution in [0.1, 0.15) is 41.6 Å². The molecule has 0 atom stereocenters. The number of hydrogen-bond donors (Lipinski definition) is 0. The third-order valence-corrected chi connectivity index (χ3v) is 6.13. The van der Waals surface area contributed by atoms with Crippen LogP contribution in [0.3, 0.4) is 0 Å². The minimum Gasteiger partial charge on any atom is -0.487 e. The van der Waals surface area contributed by atoms with Crippen LogP contribution in [0, 0.1) is 0 Å². The summed E-state index contributed by atoms with van der Waals surface area (Å²) < 4.78 is 17.1.